The number of nitrogens with one attached hydrogen (secondary N) is 1. The highest BCUT2D eigenvalue weighted by Crippen LogP contribution is 2.35. The van der Waals surface area contributed by atoms with Crippen molar-refractivity contribution in [3.05, 3.63) is 65.5 Å². The Bertz CT molecular complexity index is 773. The summed E-state index contributed by atoms with van der Waals surface area (Å²) in [6.45, 7) is 0.630. The number of hydrogen-bond donors (Lipinski definition) is 1. The summed E-state index contributed by atoms with van der Waals surface area (Å²) in [7, 11) is 0. The topological polar surface area (TPSA) is 44.7 Å². The fourth-order valence-corrected chi connectivity index (χ4v) is 3.03. The average molecular weight is 295 g/mol. The lowest BCUT2D eigenvalue weighted by molar-refractivity contribution is -0.124. The van der Waals surface area contributed by atoms with Crippen molar-refractivity contribution in [3.8, 4) is 0 Å². The van der Waals surface area contributed by atoms with Gasteiger partial charge in [0.15, 0.2) is 0 Å². The molecule has 4 nitrogen and oxygen atoms in total. The fourth-order valence-electron chi connectivity index (χ4n) is 3.03. The van der Waals surface area contributed by atoms with Crippen LogP contribution >= 0.6 is 0 Å². The largest absolute Gasteiger partial charge is 0.326 e. The third-order valence-corrected chi connectivity index (χ3v) is 4.12. The molecular weight excluding hydrogens is 281 g/mol. The molecule has 22 heavy (non-hydrogen) atoms. The average Bonchev–Trinajstić information content (AvgIpc) is 2.79. The molecule has 2 aromatic rings. The predicted molar refractivity (Wildman–Crippen MR) is 82.3 cm³/mol. The van der Waals surface area contributed by atoms with Crippen LogP contribution in [0.5, 0.6) is 0 Å². The van der Waals surface area contributed by atoms with Crippen molar-refractivity contribution in [1.82, 2.24) is 4.90 Å². The van der Waals surface area contributed by atoms with E-state index in [9.17, 15) is 9.18 Å². The van der Waals surface area contributed by atoms with Crippen molar-refractivity contribution in [2.24, 2.45) is 4.99 Å². The van der Waals surface area contributed by atoms with E-state index in [-0.39, 0.29) is 24.2 Å². The zero-order valence-electron chi connectivity index (χ0n) is 11.8. The summed E-state index contributed by atoms with van der Waals surface area (Å²) >= 11 is 0. The zero-order valence-corrected chi connectivity index (χ0v) is 11.8. The van der Waals surface area contributed by atoms with Gasteiger partial charge in [-0.2, -0.15) is 0 Å². The van der Waals surface area contributed by atoms with Crippen molar-refractivity contribution < 1.29 is 9.18 Å². The summed E-state index contributed by atoms with van der Waals surface area (Å²) in [6.07, 6.45) is 0. The minimum Gasteiger partial charge on any atom is -0.326 e. The third kappa shape index (κ3) is 2.06. The Morgan fingerprint density at radius 2 is 2.00 bits per heavy atom. The van der Waals surface area contributed by atoms with Gasteiger partial charge >= 0.3 is 0 Å². The molecule has 2 aliphatic rings. The number of benzene rings is 2. The van der Waals surface area contributed by atoms with E-state index in [1.807, 2.05) is 30.3 Å². The second kappa shape index (κ2) is 4.94. The van der Waals surface area contributed by atoms with E-state index < -0.39 is 0 Å². The number of fused-ring (bicyclic) bond motifs is 2. The lowest BCUT2D eigenvalue weighted by Crippen LogP contribution is -2.37. The molecule has 0 bridgehead atoms. The van der Waals surface area contributed by atoms with Crippen molar-refractivity contribution in [3.63, 3.8) is 0 Å². The minimum atomic E-state index is -0.281. The van der Waals surface area contributed by atoms with E-state index in [1.165, 1.54) is 12.1 Å². The van der Waals surface area contributed by atoms with Crippen LogP contribution in [0.25, 0.3) is 0 Å². The van der Waals surface area contributed by atoms with Crippen LogP contribution in [0.3, 0.4) is 0 Å². The van der Waals surface area contributed by atoms with Gasteiger partial charge in [-0.05, 0) is 29.3 Å². The highest BCUT2D eigenvalue weighted by Gasteiger charge is 2.33. The van der Waals surface area contributed by atoms with Gasteiger partial charge in [-0.15, -0.1) is 0 Å². The second-order valence-corrected chi connectivity index (χ2v) is 5.46. The Morgan fingerprint density at radius 3 is 2.82 bits per heavy atom. The summed E-state index contributed by atoms with van der Waals surface area (Å²) in [6, 6.07) is 14.5. The van der Waals surface area contributed by atoms with Gasteiger partial charge in [0, 0.05) is 18.2 Å². The van der Waals surface area contributed by atoms with Gasteiger partial charge in [0.05, 0.1) is 0 Å². The summed E-state index contributed by atoms with van der Waals surface area (Å²) in [4.78, 5) is 17.9. The SMILES string of the molecule is O=C1CN=C2Nc3ccc(F)cc3C(c3ccccc3)CN12. The van der Waals surface area contributed by atoms with Crippen LogP contribution in [0.1, 0.15) is 17.0 Å². The Balaban J connectivity index is 1.87. The number of carbonyl (C=O) groups is 1. The molecule has 0 radical (unpaired) electrons. The van der Waals surface area contributed by atoms with Crippen molar-refractivity contribution in [2.45, 2.75) is 5.92 Å². The highest BCUT2D eigenvalue weighted by molar-refractivity contribution is 6.09. The standard InChI is InChI=1S/C17H14FN3O/c18-12-6-7-15-13(8-12)14(11-4-2-1-3-5-11)10-21-16(22)9-19-17(21)20-15/h1-8,14H,9-10H2,(H,19,20). The molecule has 0 saturated carbocycles. The van der Waals surface area contributed by atoms with E-state index >= 15 is 0 Å². The maximum atomic E-state index is 13.7. The Hall–Kier alpha value is -2.69. The first-order valence-corrected chi connectivity index (χ1v) is 7.18. The lowest BCUT2D eigenvalue weighted by atomic mass is 9.90. The molecule has 1 amide bonds. The maximum Gasteiger partial charge on any atom is 0.251 e. The summed E-state index contributed by atoms with van der Waals surface area (Å²) < 4.78 is 13.7. The van der Waals surface area contributed by atoms with Crippen molar-refractivity contribution >= 4 is 17.6 Å². The van der Waals surface area contributed by atoms with Gasteiger partial charge in [0.2, 0.25) is 5.96 Å². The summed E-state index contributed by atoms with van der Waals surface area (Å²) in [5.74, 6) is 0.152. The van der Waals surface area contributed by atoms with E-state index in [4.69, 9.17) is 0 Å². The summed E-state index contributed by atoms with van der Waals surface area (Å²) in [5.41, 5.74) is 2.69. The number of hydrogen-bond acceptors (Lipinski definition) is 3. The van der Waals surface area contributed by atoms with Crippen LogP contribution in [0.15, 0.2) is 53.5 Å². The highest BCUT2D eigenvalue weighted by atomic mass is 19.1. The van der Waals surface area contributed by atoms with Gasteiger partial charge in [-0.3, -0.25) is 9.69 Å². The first-order chi connectivity index (χ1) is 10.7. The molecule has 0 fully saturated rings. The van der Waals surface area contributed by atoms with Crippen LogP contribution in [0.2, 0.25) is 0 Å². The number of amides is 1. The van der Waals surface area contributed by atoms with E-state index in [0.29, 0.717) is 12.5 Å². The molecular formula is C17H14FN3O. The molecule has 1 unspecified atom stereocenters. The molecule has 1 atom stereocenters. The first-order valence-electron chi connectivity index (χ1n) is 7.18. The maximum absolute atomic E-state index is 13.7. The van der Waals surface area contributed by atoms with Crippen LogP contribution < -0.4 is 5.32 Å². The van der Waals surface area contributed by atoms with Gasteiger partial charge in [-0.25, -0.2) is 9.38 Å². The quantitative estimate of drug-likeness (QED) is 0.879. The third-order valence-electron chi connectivity index (χ3n) is 4.12. The number of carbonyl (C=O) groups excluding carboxylic acids is 1. The van der Waals surface area contributed by atoms with Gasteiger partial charge in [0.25, 0.3) is 5.91 Å². The second-order valence-electron chi connectivity index (χ2n) is 5.46. The van der Waals surface area contributed by atoms with Crippen LogP contribution in [-0.4, -0.2) is 29.9 Å². The zero-order chi connectivity index (χ0) is 15.1. The molecule has 0 saturated heterocycles. The molecule has 0 aliphatic carbocycles. The van der Waals surface area contributed by atoms with Crippen molar-refractivity contribution in [2.75, 3.05) is 18.4 Å². The Morgan fingerprint density at radius 1 is 1.18 bits per heavy atom. The van der Waals surface area contributed by atoms with Gasteiger partial charge in [0.1, 0.15) is 12.4 Å². The van der Waals surface area contributed by atoms with E-state index in [1.54, 1.807) is 11.0 Å². The molecule has 0 aromatic heterocycles. The molecule has 110 valence electrons. The number of rotatable bonds is 1. The molecule has 0 spiro atoms. The smallest absolute Gasteiger partial charge is 0.251 e. The molecule has 2 aromatic carbocycles. The Kier molecular flexibility index (Phi) is 2.92. The van der Waals surface area contributed by atoms with Gasteiger partial charge in [-0.1, -0.05) is 30.3 Å². The number of halogens is 1. The summed E-state index contributed by atoms with van der Waals surface area (Å²) in [5, 5.41) is 3.17. The number of anilines is 1. The number of guanidine groups is 1. The predicted octanol–water partition coefficient (Wildman–Crippen LogP) is 2.58. The molecule has 1 N–H and O–H groups in total. The first kappa shape index (κ1) is 13.0. The minimum absolute atomic E-state index is 0.0308. The fraction of sp³-hybridized carbons (Fsp3) is 0.176. The van der Waals surface area contributed by atoms with Gasteiger partial charge < -0.3 is 5.32 Å². The molecule has 2 heterocycles. The number of nitrogens with zero attached hydrogens (tertiary/aromatic N) is 2. The monoisotopic (exact) mass is 295 g/mol. The van der Waals surface area contributed by atoms with E-state index in [2.05, 4.69) is 10.3 Å². The van der Waals surface area contributed by atoms with Crippen LogP contribution in [-0.2, 0) is 4.79 Å². The molecule has 4 rings (SSSR count). The normalized spacial score (nSPS) is 19.9. The van der Waals surface area contributed by atoms with Crippen LogP contribution in [0.4, 0.5) is 10.1 Å². The van der Waals surface area contributed by atoms with Crippen molar-refractivity contribution in [1.29, 1.82) is 0 Å². The molecule has 5 heteroatoms. The Labute approximate surface area is 127 Å². The van der Waals surface area contributed by atoms with E-state index in [0.717, 1.165) is 16.8 Å². The lowest BCUT2D eigenvalue weighted by Gasteiger charge is -2.21. The number of aliphatic imine (C=N–C) groups is 1. The van der Waals surface area contributed by atoms with Crippen LogP contribution in [0, 0.1) is 5.82 Å². The molecule has 2 aliphatic heterocycles.